The highest BCUT2D eigenvalue weighted by atomic mass is 16.5. The zero-order valence-electron chi connectivity index (χ0n) is 6.71. The summed E-state index contributed by atoms with van der Waals surface area (Å²) in [6, 6.07) is 0. The first-order valence-corrected chi connectivity index (χ1v) is 4.27. The van der Waals surface area contributed by atoms with Crippen molar-refractivity contribution in [2.75, 3.05) is 26.4 Å². The predicted octanol–water partition coefficient (Wildman–Crippen LogP) is 0.141. The monoisotopic (exact) mass is 157 g/mol. The van der Waals surface area contributed by atoms with Crippen LogP contribution in [0.1, 0.15) is 12.8 Å². The molecule has 0 unspecified atom stereocenters. The molecule has 0 amide bonds. The highest BCUT2D eigenvalue weighted by molar-refractivity contribution is 4.94. The minimum atomic E-state index is 0.165. The lowest BCUT2D eigenvalue weighted by molar-refractivity contribution is -0.0682. The molecule has 2 atom stereocenters. The molecule has 11 heavy (non-hydrogen) atoms. The van der Waals surface area contributed by atoms with Gasteiger partial charge in [0.25, 0.3) is 0 Å². The Morgan fingerprint density at radius 1 is 1.45 bits per heavy atom. The fourth-order valence-corrected chi connectivity index (χ4v) is 2.06. The van der Waals surface area contributed by atoms with E-state index in [-0.39, 0.29) is 5.41 Å². The molecular formula is C8H15NO2. The summed E-state index contributed by atoms with van der Waals surface area (Å²) in [6.07, 6.45) is 2.48. The number of rotatable bonds is 1. The zero-order chi connectivity index (χ0) is 7.73. The lowest BCUT2D eigenvalue weighted by atomic mass is 9.79. The second-order valence-electron chi connectivity index (χ2n) is 3.52. The van der Waals surface area contributed by atoms with Gasteiger partial charge in [0.2, 0.25) is 0 Å². The lowest BCUT2D eigenvalue weighted by Crippen LogP contribution is -2.46. The SMILES string of the molecule is NC[C@]12CCO[C@H]1CCOC2. The van der Waals surface area contributed by atoms with Gasteiger partial charge in [-0.15, -0.1) is 0 Å². The quantitative estimate of drug-likeness (QED) is 0.589. The standard InChI is InChI=1S/C8H15NO2/c9-5-8-2-4-11-7(8)1-3-10-6-8/h7H,1-6,9H2/t7-,8-/m0/s1. The molecule has 3 heteroatoms. The molecule has 2 N–H and O–H groups in total. The average Bonchev–Trinajstić information content (AvgIpc) is 2.48. The Hall–Kier alpha value is -0.120. The Labute approximate surface area is 66.8 Å². The highest BCUT2D eigenvalue weighted by Gasteiger charge is 2.45. The third-order valence-electron chi connectivity index (χ3n) is 2.92. The molecule has 64 valence electrons. The fourth-order valence-electron chi connectivity index (χ4n) is 2.06. The van der Waals surface area contributed by atoms with E-state index in [2.05, 4.69) is 0 Å². The van der Waals surface area contributed by atoms with Gasteiger partial charge in [0, 0.05) is 25.2 Å². The molecule has 0 saturated carbocycles. The third-order valence-corrected chi connectivity index (χ3v) is 2.92. The second kappa shape index (κ2) is 2.73. The van der Waals surface area contributed by atoms with Crippen LogP contribution in [0.4, 0.5) is 0 Å². The van der Waals surface area contributed by atoms with E-state index in [1.54, 1.807) is 0 Å². The third kappa shape index (κ3) is 1.08. The smallest absolute Gasteiger partial charge is 0.0688 e. The molecule has 2 rings (SSSR count). The van der Waals surface area contributed by atoms with Crippen molar-refractivity contribution in [2.45, 2.75) is 18.9 Å². The van der Waals surface area contributed by atoms with Gasteiger partial charge in [0.05, 0.1) is 12.7 Å². The minimum absolute atomic E-state index is 0.165. The van der Waals surface area contributed by atoms with Crippen molar-refractivity contribution < 1.29 is 9.47 Å². The Balaban J connectivity index is 2.12. The predicted molar refractivity (Wildman–Crippen MR) is 41.3 cm³/mol. The Kier molecular flexibility index (Phi) is 1.87. The van der Waals surface area contributed by atoms with Gasteiger partial charge >= 0.3 is 0 Å². The Morgan fingerprint density at radius 3 is 3.09 bits per heavy atom. The summed E-state index contributed by atoms with van der Waals surface area (Å²) in [7, 11) is 0. The van der Waals surface area contributed by atoms with Gasteiger partial charge in [-0.3, -0.25) is 0 Å². The van der Waals surface area contributed by atoms with Crippen LogP contribution in [-0.4, -0.2) is 32.5 Å². The molecule has 2 saturated heterocycles. The number of fused-ring (bicyclic) bond motifs is 1. The summed E-state index contributed by atoms with van der Waals surface area (Å²) in [5.41, 5.74) is 5.88. The van der Waals surface area contributed by atoms with Crippen molar-refractivity contribution in [1.29, 1.82) is 0 Å². The molecule has 0 aliphatic carbocycles. The van der Waals surface area contributed by atoms with Gasteiger partial charge in [-0.1, -0.05) is 0 Å². The molecule has 0 aromatic rings. The summed E-state index contributed by atoms with van der Waals surface area (Å²) in [5.74, 6) is 0. The van der Waals surface area contributed by atoms with E-state index in [9.17, 15) is 0 Å². The molecule has 0 aromatic heterocycles. The maximum atomic E-state index is 5.72. The van der Waals surface area contributed by atoms with Crippen LogP contribution < -0.4 is 5.73 Å². The van der Waals surface area contributed by atoms with Crippen LogP contribution in [0.25, 0.3) is 0 Å². The van der Waals surface area contributed by atoms with Gasteiger partial charge in [-0.2, -0.15) is 0 Å². The van der Waals surface area contributed by atoms with Gasteiger partial charge in [-0.05, 0) is 12.8 Å². The largest absolute Gasteiger partial charge is 0.381 e. The molecule has 0 radical (unpaired) electrons. The van der Waals surface area contributed by atoms with E-state index in [4.69, 9.17) is 15.2 Å². The molecule has 2 aliphatic rings. The van der Waals surface area contributed by atoms with E-state index in [0.717, 1.165) is 32.7 Å². The summed E-state index contributed by atoms with van der Waals surface area (Å²) >= 11 is 0. The van der Waals surface area contributed by atoms with Gasteiger partial charge in [0.15, 0.2) is 0 Å². The van der Waals surface area contributed by atoms with Crippen molar-refractivity contribution >= 4 is 0 Å². The Bertz CT molecular complexity index is 151. The number of ether oxygens (including phenoxy) is 2. The van der Waals surface area contributed by atoms with Crippen molar-refractivity contribution in [1.82, 2.24) is 0 Å². The van der Waals surface area contributed by atoms with Crippen molar-refractivity contribution in [2.24, 2.45) is 11.1 Å². The van der Waals surface area contributed by atoms with Crippen molar-refractivity contribution in [3.63, 3.8) is 0 Å². The normalized spacial score (nSPS) is 43.9. The molecule has 0 spiro atoms. The number of hydrogen-bond donors (Lipinski definition) is 1. The van der Waals surface area contributed by atoms with Crippen LogP contribution in [0, 0.1) is 5.41 Å². The maximum Gasteiger partial charge on any atom is 0.0688 e. The van der Waals surface area contributed by atoms with Gasteiger partial charge < -0.3 is 15.2 Å². The first kappa shape index (κ1) is 7.53. The molecule has 2 fully saturated rings. The summed E-state index contributed by atoms with van der Waals surface area (Å²) < 4.78 is 11.0. The average molecular weight is 157 g/mol. The molecule has 2 heterocycles. The first-order chi connectivity index (χ1) is 5.37. The summed E-state index contributed by atoms with van der Waals surface area (Å²) in [4.78, 5) is 0. The second-order valence-corrected chi connectivity index (χ2v) is 3.52. The topological polar surface area (TPSA) is 44.5 Å². The minimum Gasteiger partial charge on any atom is -0.381 e. The molecule has 0 aromatic carbocycles. The van der Waals surface area contributed by atoms with E-state index in [1.807, 2.05) is 0 Å². The maximum absolute atomic E-state index is 5.72. The lowest BCUT2D eigenvalue weighted by Gasteiger charge is -2.36. The molecule has 3 nitrogen and oxygen atoms in total. The fraction of sp³-hybridized carbons (Fsp3) is 1.00. The summed E-state index contributed by atoms with van der Waals surface area (Å²) in [6.45, 7) is 3.21. The van der Waals surface area contributed by atoms with Crippen LogP contribution >= 0.6 is 0 Å². The first-order valence-electron chi connectivity index (χ1n) is 4.27. The van der Waals surface area contributed by atoms with Crippen LogP contribution in [0.2, 0.25) is 0 Å². The molecular weight excluding hydrogens is 142 g/mol. The zero-order valence-corrected chi connectivity index (χ0v) is 6.71. The number of hydrogen-bond acceptors (Lipinski definition) is 3. The number of nitrogens with two attached hydrogens (primary N) is 1. The van der Waals surface area contributed by atoms with E-state index < -0.39 is 0 Å². The highest BCUT2D eigenvalue weighted by Crippen LogP contribution is 2.38. The Morgan fingerprint density at radius 2 is 2.36 bits per heavy atom. The van der Waals surface area contributed by atoms with Gasteiger partial charge in [0.1, 0.15) is 0 Å². The van der Waals surface area contributed by atoms with E-state index in [0.29, 0.717) is 12.6 Å². The van der Waals surface area contributed by atoms with Crippen molar-refractivity contribution in [3.05, 3.63) is 0 Å². The van der Waals surface area contributed by atoms with Crippen LogP contribution in [0.15, 0.2) is 0 Å². The van der Waals surface area contributed by atoms with E-state index in [1.165, 1.54) is 0 Å². The van der Waals surface area contributed by atoms with Crippen LogP contribution in [0.3, 0.4) is 0 Å². The molecule has 2 aliphatic heterocycles. The summed E-state index contributed by atoms with van der Waals surface area (Å²) in [5, 5.41) is 0. The van der Waals surface area contributed by atoms with Crippen molar-refractivity contribution in [3.8, 4) is 0 Å². The van der Waals surface area contributed by atoms with Gasteiger partial charge in [-0.25, -0.2) is 0 Å². The van der Waals surface area contributed by atoms with Crippen LogP contribution in [-0.2, 0) is 9.47 Å². The van der Waals surface area contributed by atoms with Crippen LogP contribution in [0.5, 0.6) is 0 Å². The molecule has 0 bridgehead atoms. The van der Waals surface area contributed by atoms with E-state index >= 15 is 0 Å².